The van der Waals surface area contributed by atoms with E-state index in [2.05, 4.69) is 31.9 Å². The molecule has 0 aliphatic rings. The summed E-state index contributed by atoms with van der Waals surface area (Å²) in [5, 5.41) is 4.38. The van der Waals surface area contributed by atoms with Gasteiger partial charge in [0.15, 0.2) is 0 Å². The highest BCUT2D eigenvalue weighted by molar-refractivity contribution is 5.02. The Balaban J connectivity index is 2.58. The maximum absolute atomic E-state index is 5.81. The van der Waals surface area contributed by atoms with Gasteiger partial charge in [-0.15, -0.1) is 0 Å². The van der Waals surface area contributed by atoms with Crippen LogP contribution >= 0.6 is 0 Å². The van der Waals surface area contributed by atoms with Crippen LogP contribution < -0.4 is 5.73 Å². The lowest BCUT2D eigenvalue weighted by Crippen LogP contribution is -2.26. The second-order valence-corrected chi connectivity index (χ2v) is 5.00. The molecular weight excluding hydrogens is 174 g/mol. The van der Waals surface area contributed by atoms with E-state index in [0.29, 0.717) is 0 Å². The molecule has 0 radical (unpaired) electrons. The molecule has 0 bridgehead atoms. The molecule has 1 aromatic rings. The highest BCUT2D eigenvalue weighted by Gasteiger charge is 2.21. The molecule has 3 nitrogen and oxygen atoms in total. The zero-order valence-electron chi connectivity index (χ0n) is 9.62. The van der Waals surface area contributed by atoms with Gasteiger partial charge >= 0.3 is 0 Å². The molecule has 3 heteroatoms. The first-order valence-corrected chi connectivity index (χ1v) is 5.13. The molecule has 0 aromatic carbocycles. The number of nitrogens with zero attached hydrogens (tertiary/aromatic N) is 2. The molecule has 14 heavy (non-hydrogen) atoms. The Morgan fingerprint density at radius 2 is 2.21 bits per heavy atom. The Kier molecular flexibility index (Phi) is 3.32. The van der Waals surface area contributed by atoms with E-state index < -0.39 is 0 Å². The number of hydrogen-bond acceptors (Lipinski definition) is 2. The molecule has 1 atom stereocenters. The van der Waals surface area contributed by atoms with Crippen molar-refractivity contribution in [3.63, 3.8) is 0 Å². The van der Waals surface area contributed by atoms with E-state index in [0.717, 1.165) is 18.5 Å². The summed E-state index contributed by atoms with van der Waals surface area (Å²) < 4.78 is 1.84. The predicted octanol–water partition coefficient (Wildman–Crippen LogP) is 1.73. The van der Waals surface area contributed by atoms with Crippen molar-refractivity contribution in [1.82, 2.24) is 9.78 Å². The van der Waals surface area contributed by atoms with Crippen molar-refractivity contribution in [1.29, 1.82) is 0 Å². The van der Waals surface area contributed by atoms with Crippen molar-refractivity contribution in [2.24, 2.45) is 18.2 Å². The lowest BCUT2D eigenvalue weighted by atomic mass is 9.82. The molecule has 0 aliphatic heterocycles. The highest BCUT2D eigenvalue weighted by Crippen LogP contribution is 2.26. The van der Waals surface area contributed by atoms with Gasteiger partial charge in [0.25, 0.3) is 0 Å². The van der Waals surface area contributed by atoms with E-state index >= 15 is 0 Å². The average molecular weight is 195 g/mol. The van der Waals surface area contributed by atoms with Crippen molar-refractivity contribution in [3.05, 3.63) is 18.0 Å². The third-order valence-electron chi connectivity index (χ3n) is 2.30. The molecule has 0 saturated carbocycles. The van der Waals surface area contributed by atoms with E-state index in [9.17, 15) is 0 Å². The van der Waals surface area contributed by atoms with Gasteiger partial charge in [0.2, 0.25) is 0 Å². The van der Waals surface area contributed by atoms with Crippen molar-refractivity contribution < 1.29 is 0 Å². The minimum absolute atomic E-state index is 0.239. The van der Waals surface area contributed by atoms with Crippen LogP contribution in [-0.2, 0) is 13.5 Å². The Bertz CT molecular complexity index is 286. The van der Waals surface area contributed by atoms with Gasteiger partial charge in [0.1, 0.15) is 0 Å². The van der Waals surface area contributed by atoms with Crippen molar-refractivity contribution in [2.75, 3.05) is 0 Å². The summed E-state index contributed by atoms with van der Waals surface area (Å²) in [6.45, 7) is 6.54. The fourth-order valence-corrected chi connectivity index (χ4v) is 1.99. The van der Waals surface area contributed by atoms with Gasteiger partial charge in [-0.3, -0.25) is 4.68 Å². The zero-order valence-corrected chi connectivity index (χ0v) is 9.62. The SMILES string of the molecule is CC(N)CC(C)(C)Cc1ccn(C)n1. The van der Waals surface area contributed by atoms with Crippen molar-refractivity contribution in [3.8, 4) is 0 Å². The van der Waals surface area contributed by atoms with Crippen LogP contribution in [0, 0.1) is 5.41 Å². The first kappa shape index (κ1) is 11.2. The van der Waals surface area contributed by atoms with Gasteiger partial charge in [-0.05, 0) is 31.2 Å². The van der Waals surface area contributed by atoms with Gasteiger partial charge in [-0.1, -0.05) is 13.8 Å². The second-order valence-electron chi connectivity index (χ2n) is 5.00. The van der Waals surface area contributed by atoms with Crippen molar-refractivity contribution >= 4 is 0 Å². The fraction of sp³-hybridized carbons (Fsp3) is 0.727. The summed E-state index contributed by atoms with van der Waals surface area (Å²) in [6.07, 6.45) is 4.01. The first-order valence-electron chi connectivity index (χ1n) is 5.13. The average Bonchev–Trinajstić information content (AvgIpc) is 2.30. The summed E-state index contributed by atoms with van der Waals surface area (Å²) in [5.41, 5.74) is 7.20. The van der Waals surface area contributed by atoms with E-state index in [-0.39, 0.29) is 11.5 Å². The number of rotatable bonds is 4. The highest BCUT2D eigenvalue weighted by atomic mass is 15.2. The summed E-state index contributed by atoms with van der Waals surface area (Å²) in [7, 11) is 1.95. The largest absolute Gasteiger partial charge is 0.328 e. The van der Waals surface area contributed by atoms with Gasteiger partial charge in [-0.25, -0.2) is 0 Å². The number of nitrogens with two attached hydrogens (primary N) is 1. The minimum Gasteiger partial charge on any atom is -0.328 e. The lowest BCUT2D eigenvalue weighted by Gasteiger charge is -2.25. The van der Waals surface area contributed by atoms with Crippen LogP contribution in [0.3, 0.4) is 0 Å². The fourth-order valence-electron chi connectivity index (χ4n) is 1.99. The van der Waals surface area contributed by atoms with E-state index in [1.165, 1.54) is 0 Å². The third-order valence-corrected chi connectivity index (χ3v) is 2.30. The Labute approximate surface area is 86.3 Å². The maximum atomic E-state index is 5.81. The summed E-state index contributed by atoms with van der Waals surface area (Å²) >= 11 is 0. The molecule has 2 N–H and O–H groups in total. The molecule has 1 unspecified atom stereocenters. The molecule has 0 saturated heterocycles. The Hall–Kier alpha value is -0.830. The van der Waals surface area contributed by atoms with Crippen LogP contribution in [0.15, 0.2) is 12.3 Å². The minimum atomic E-state index is 0.239. The quantitative estimate of drug-likeness (QED) is 0.795. The molecule has 0 amide bonds. The van der Waals surface area contributed by atoms with Crippen LogP contribution in [-0.4, -0.2) is 15.8 Å². The normalized spacial score (nSPS) is 14.4. The Morgan fingerprint density at radius 3 is 2.64 bits per heavy atom. The summed E-state index contributed by atoms with van der Waals surface area (Å²) in [5.74, 6) is 0. The van der Waals surface area contributed by atoms with Crippen molar-refractivity contribution in [2.45, 2.75) is 39.7 Å². The van der Waals surface area contributed by atoms with E-state index in [1.54, 1.807) is 0 Å². The maximum Gasteiger partial charge on any atom is 0.0629 e. The summed E-state index contributed by atoms with van der Waals surface area (Å²) in [4.78, 5) is 0. The van der Waals surface area contributed by atoms with Gasteiger partial charge < -0.3 is 5.73 Å². The van der Waals surface area contributed by atoms with Crippen LogP contribution in [0.1, 0.15) is 32.9 Å². The molecule has 1 aromatic heterocycles. The summed E-state index contributed by atoms with van der Waals surface area (Å²) in [6, 6.07) is 2.33. The molecule has 0 spiro atoms. The Morgan fingerprint density at radius 1 is 1.57 bits per heavy atom. The predicted molar refractivity (Wildman–Crippen MR) is 59.0 cm³/mol. The molecule has 80 valence electrons. The van der Waals surface area contributed by atoms with Crippen LogP contribution in [0.5, 0.6) is 0 Å². The van der Waals surface area contributed by atoms with E-state index in [1.807, 2.05) is 17.9 Å². The molecule has 0 fully saturated rings. The molecule has 1 heterocycles. The smallest absolute Gasteiger partial charge is 0.0629 e. The monoisotopic (exact) mass is 195 g/mol. The van der Waals surface area contributed by atoms with Crippen LogP contribution in [0.4, 0.5) is 0 Å². The lowest BCUT2D eigenvalue weighted by molar-refractivity contribution is 0.306. The number of aromatic nitrogens is 2. The van der Waals surface area contributed by atoms with Gasteiger partial charge in [0.05, 0.1) is 5.69 Å². The number of hydrogen-bond donors (Lipinski definition) is 1. The number of aryl methyl sites for hydroxylation is 1. The zero-order chi connectivity index (χ0) is 10.8. The van der Waals surface area contributed by atoms with Gasteiger partial charge in [-0.2, -0.15) is 5.10 Å². The molecule has 1 rings (SSSR count). The third kappa shape index (κ3) is 3.50. The second kappa shape index (κ2) is 4.13. The first-order chi connectivity index (χ1) is 6.39. The van der Waals surface area contributed by atoms with E-state index in [4.69, 9.17) is 5.73 Å². The van der Waals surface area contributed by atoms with Crippen LogP contribution in [0.2, 0.25) is 0 Å². The molecular formula is C11H21N3. The molecule has 0 aliphatic carbocycles. The topological polar surface area (TPSA) is 43.8 Å². The standard InChI is InChI=1S/C11H21N3/c1-9(12)7-11(2,3)8-10-5-6-14(4)13-10/h5-6,9H,7-8,12H2,1-4H3. The van der Waals surface area contributed by atoms with Crippen LogP contribution in [0.25, 0.3) is 0 Å². The van der Waals surface area contributed by atoms with Gasteiger partial charge in [0, 0.05) is 19.3 Å².